The lowest BCUT2D eigenvalue weighted by Crippen LogP contribution is -2.44. The van der Waals surface area contributed by atoms with Crippen LogP contribution in [0.4, 0.5) is 0 Å². The van der Waals surface area contributed by atoms with Crippen LogP contribution in [-0.4, -0.2) is 50.7 Å². The normalized spacial score (nSPS) is 29.6. The van der Waals surface area contributed by atoms with Crippen molar-refractivity contribution in [2.45, 2.75) is 19.9 Å². The maximum Gasteiger partial charge on any atom is 0.495 e. The van der Waals surface area contributed by atoms with Crippen molar-refractivity contribution >= 4 is 12.9 Å². The number of ether oxygens (including phenoxy) is 1. The second-order valence-corrected chi connectivity index (χ2v) is 6.12. The fourth-order valence-electron chi connectivity index (χ4n) is 2.54. The third-order valence-corrected chi connectivity index (χ3v) is 3.55. The van der Waals surface area contributed by atoms with Gasteiger partial charge in [-0.25, -0.2) is 0 Å². The van der Waals surface area contributed by atoms with E-state index in [2.05, 4.69) is 13.8 Å². The molecule has 1 atom stereocenters. The Kier molecular flexibility index (Phi) is 2.94. The molecule has 3 aliphatic rings. The number of hydrogen-bond acceptors (Lipinski definition) is 5. The van der Waals surface area contributed by atoms with Gasteiger partial charge in [0, 0.05) is 31.1 Å². The maximum absolute atomic E-state index is 11.7. The van der Waals surface area contributed by atoms with Crippen molar-refractivity contribution in [3.63, 3.8) is 0 Å². The number of ketones is 1. The third-order valence-electron chi connectivity index (χ3n) is 3.55. The van der Waals surface area contributed by atoms with Crippen LogP contribution in [-0.2, 0) is 18.8 Å². The number of likely N-dealkylation sites (N-methyl/N-ethyl adjacent to an activating group) is 1. The SMILES string of the molecule is CN1C=C(B2OCC(C)(C)CO2)C=C2OCC(=O)C21. The Morgan fingerprint density at radius 2 is 2.05 bits per heavy atom. The molecule has 0 N–H and O–H groups in total. The lowest BCUT2D eigenvalue weighted by Gasteiger charge is -2.35. The summed E-state index contributed by atoms with van der Waals surface area (Å²) >= 11 is 0. The zero-order valence-electron chi connectivity index (χ0n) is 11.5. The van der Waals surface area contributed by atoms with Crippen LogP contribution >= 0.6 is 0 Å². The van der Waals surface area contributed by atoms with Crippen molar-refractivity contribution in [3.8, 4) is 0 Å². The first-order valence-corrected chi connectivity index (χ1v) is 6.50. The highest BCUT2D eigenvalue weighted by Crippen LogP contribution is 2.30. The minimum Gasteiger partial charge on any atom is -0.487 e. The van der Waals surface area contributed by atoms with E-state index in [0.29, 0.717) is 19.0 Å². The Morgan fingerprint density at radius 1 is 1.37 bits per heavy atom. The van der Waals surface area contributed by atoms with Gasteiger partial charge in [-0.05, 0) is 12.3 Å². The molecule has 3 aliphatic heterocycles. The average molecular weight is 263 g/mol. The largest absolute Gasteiger partial charge is 0.495 e. The Balaban J connectivity index is 1.76. The molecule has 102 valence electrons. The molecule has 19 heavy (non-hydrogen) atoms. The zero-order valence-corrected chi connectivity index (χ0v) is 11.5. The van der Waals surface area contributed by atoms with E-state index in [9.17, 15) is 4.79 Å². The van der Waals surface area contributed by atoms with Crippen LogP contribution in [0.3, 0.4) is 0 Å². The van der Waals surface area contributed by atoms with Crippen LogP contribution in [0.1, 0.15) is 13.8 Å². The van der Waals surface area contributed by atoms with Gasteiger partial charge in [0.25, 0.3) is 0 Å². The summed E-state index contributed by atoms with van der Waals surface area (Å²) in [5.41, 5.74) is 0.951. The van der Waals surface area contributed by atoms with Crippen LogP contribution in [0.15, 0.2) is 23.5 Å². The molecule has 5 nitrogen and oxygen atoms in total. The van der Waals surface area contributed by atoms with E-state index in [-0.39, 0.29) is 31.0 Å². The molecule has 0 saturated carbocycles. The number of fused-ring (bicyclic) bond motifs is 1. The lowest BCUT2D eigenvalue weighted by atomic mass is 9.74. The molecular weight excluding hydrogens is 245 g/mol. The molecule has 1 unspecified atom stereocenters. The van der Waals surface area contributed by atoms with Gasteiger partial charge in [-0.2, -0.15) is 0 Å². The second kappa shape index (κ2) is 4.39. The summed E-state index contributed by atoms with van der Waals surface area (Å²) in [6.07, 6.45) is 3.78. The number of allylic oxidation sites excluding steroid dienone is 2. The quantitative estimate of drug-likeness (QED) is 0.654. The summed E-state index contributed by atoms with van der Waals surface area (Å²) < 4.78 is 16.9. The van der Waals surface area contributed by atoms with E-state index in [1.807, 2.05) is 24.2 Å². The molecule has 2 saturated heterocycles. The highest BCUT2D eigenvalue weighted by atomic mass is 16.6. The standard InChI is InChI=1S/C13H18BNO4/c1-13(2)7-18-14(19-8-13)9-4-11-12(15(3)5-9)10(16)6-17-11/h4-5,12H,6-8H2,1-3H3. The van der Waals surface area contributed by atoms with Crippen LogP contribution in [0, 0.1) is 5.41 Å². The molecule has 0 spiro atoms. The van der Waals surface area contributed by atoms with E-state index < -0.39 is 0 Å². The predicted octanol–water partition coefficient (Wildman–Crippen LogP) is 0.768. The van der Waals surface area contributed by atoms with Crippen molar-refractivity contribution in [3.05, 3.63) is 23.5 Å². The summed E-state index contributed by atoms with van der Waals surface area (Å²) in [6.45, 7) is 5.69. The van der Waals surface area contributed by atoms with Gasteiger partial charge in [0.05, 0.1) is 0 Å². The van der Waals surface area contributed by atoms with Gasteiger partial charge in [0.2, 0.25) is 0 Å². The monoisotopic (exact) mass is 263 g/mol. The van der Waals surface area contributed by atoms with E-state index in [1.165, 1.54) is 0 Å². The first kappa shape index (κ1) is 12.8. The summed E-state index contributed by atoms with van der Waals surface area (Å²) in [6, 6.07) is -0.274. The number of carbonyl (C=O) groups excluding carboxylic acids is 1. The van der Waals surface area contributed by atoms with Crippen molar-refractivity contribution in [2.75, 3.05) is 26.9 Å². The van der Waals surface area contributed by atoms with Gasteiger partial charge < -0.3 is 18.9 Å². The minimum atomic E-state index is -0.372. The molecule has 0 aromatic rings. The number of hydrogen-bond donors (Lipinski definition) is 0. The fraction of sp³-hybridized carbons (Fsp3) is 0.615. The molecule has 0 amide bonds. The van der Waals surface area contributed by atoms with Crippen molar-refractivity contribution < 1.29 is 18.8 Å². The number of rotatable bonds is 1. The summed E-state index contributed by atoms with van der Waals surface area (Å²) in [5.74, 6) is 0.790. The van der Waals surface area contributed by atoms with Crippen LogP contribution in [0.25, 0.3) is 0 Å². The second-order valence-electron chi connectivity index (χ2n) is 6.12. The summed E-state index contributed by atoms with van der Waals surface area (Å²) in [4.78, 5) is 13.6. The van der Waals surface area contributed by atoms with E-state index >= 15 is 0 Å². The molecule has 0 radical (unpaired) electrons. The Labute approximate surface area is 113 Å². The molecule has 0 aliphatic carbocycles. The molecule has 2 fully saturated rings. The van der Waals surface area contributed by atoms with Gasteiger partial charge in [-0.3, -0.25) is 4.79 Å². The smallest absolute Gasteiger partial charge is 0.487 e. The van der Waals surface area contributed by atoms with Crippen LogP contribution in [0.5, 0.6) is 0 Å². The first-order valence-electron chi connectivity index (χ1n) is 6.50. The van der Waals surface area contributed by atoms with Crippen LogP contribution < -0.4 is 0 Å². The fourth-order valence-corrected chi connectivity index (χ4v) is 2.54. The highest BCUT2D eigenvalue weighted by molar-refractivity contribution is 6.55. The minimum absolute atomic E-state index is 0.0487. The molecule has 0 aromatic carbocycles. The van der Waals surface area contributed by atoms with Gasteiger partial charge in [0.15, 0.2) is 5.78 Å². The maximum atomic E-state index is 11.7. The van der Waals surface area contributed by atoms with E-state index in [0.717, 1.165) is 5.47 Å². The Morgan fingerprint density at radius 3 is 2.74 bits per heavy atom. The van der Waals surface area contributed by atoms with Gasteiger partial charge in [-0.1, -0.05) is 13.8 Å². The summed E-state index contributed by atoms with van der Waals surface area (Å²) in [5, 5.41) is 0. The summed E-state index contributed by atoms with van der Waals surface area (Å²) in [7, 11) is 1.50. The number of Topliss-reactive ketones (excluding diaryl/α,β-unsaturated/α-hetero) is 1. The number of nitrogens with zero attached hydrogens (tertiary/aromatic N) is 1. The van der Waals surface area contributed by atoms with Crippen LogP contribution in [0.2, 0.25) is 0 Å². The van der Waals surface area contributed by atoms with Gasteiger partial charge >= 0.3 is 7.12 Å². The van der Waals surface area contributed by atoms with Crippen molar-refractivity contribution in [1.82, 2.24) is 4.90 Å². The zero-order chi connectivity index (χ0) is 13.6. The molecule has 0 aromatic heterocycles. The predicted molar refractivity (Wildman–Crippen MR) is 70.1 cm³/mol. The van der Waals surface area contributed by atoms with E-state index in [4.69, 9.17) is 14.0 Å². The third kappa shape index (κ3) is 2.30. The molecule has 6 heteroatoms. The average Bonchev–Trinajstić information content (AvgIpc) is 2.71. The lowest BCUT2D eigenvalue weighted by molar-refractivity contribution is -0.120. The van der Waals surface area contributed by atoms with Crippen molar-refractivity contribution in [1.29, 1.82) is 0 Å². The molecule has 0 bridgehead atoms. The topological polar surface area (TPSA) is 48.0 Å². The van der Waals surface area contributed by atoms with Crippen molar-refractivity contribution in [2.24, 2.45) is 5.41 Å². The van der Waals surface area contributed by atoms with Gasteiger partial charge in [0.1, 0.15) is 18.4 Å². The Hall–Kier alpha value is -1.27. The molecular formula is C13H18BNO4. The van der Waals surface area contributed by atoms with Gasteiger partial charge in [-0.15, -0.1) is 0 Å². The number of carbonyl (C=O) groups is 1. The molecule has 3 heterocycles. The van der Waals surface area contributed by atoms with E-state index in [1.54, 1.807) is 0 Å². The highest BCUT2D eigenvalue weighted by Gasteiger charge is 2.41. The Bertz CT molecular complexity index is 461. The first-order chi connectivity index (χ1) is 8.96. The molecule has 3 rings (SSSR count).